The van der Waals surface area contributed by atoms with Crippen LogP contribution in [-0.4, -0.2) is 17.7 Å². The van der Waals surface area contributed by atoms with Crippen molar-refractivity contribution < 1.29 is 14.6 Å². The monoisotopic (exact) mass is 313 g/mol. The predicted molar refractivity (Wildman–Crippen MR) is 91.8 cm³/mol. The number of nitrogens with two attached hydrogens (primary N) is 1. The third kappa shape index (κ3) is 5.02. The second-order valence-electron chi connectivity index (χ2n) is 5.61. The SMILES string of the molecule is CCCCOc1ccc(CC(C(=O)O)c2ccc(N)cc2)cc1. The van der Waals surface area contributed by atoms with Gasteiger partial charge in [0.15, 0.2) is 0 Å². The number of hydrogen-bond acceptors (Lipinski definition) is 3. The van der Waals surface area contributed by atoms with Crippen LogP contribution in [0.4, 0.5) is 5.69 Å². The number of carboxylic acid groups (broad SMARTS) is 1. The van der Waals surface area contributed by atoms with Crippen LogP contribution in [0.25, 0.3) is 0 Å². The standard InChI is InChI=1S/C19H23NO3/c1-2-3-12-23-17-10-4-14(5-11-17)13-18(19(21)22)15-6-8-16(20)9-7-15/h4-11,18H,2-3,12-13,20H2,1H3,(H,21,22). The van der Waals surface area contributed by atoms with Gasteiger partial charge < -0.3 is 15.6 Å². The molecule has 0 aliphatic carbocycles. The molecule has 4 nitrogen and oxygen atoms in total. The van der Waals surface area contributed by atoms with E-state index >= 15 is 0 Å². The highest BCUT2D eigenvalue weighted by Crippen LogP contribution is 2.23. The van der Waals surface area contributed by atoms with E-state index in [1.165, 1.54) is 0 Å². The summed E-state index contributed by atoms with van der Waals surface area (Å²) < 4.78 is 5.62. The fourth-order valence-electron chi connectivity index (χ4n) is 2.37. The van der Waals surface area contributed by atoms with Crippen LogP contribution in [0.1, 0.15) is 36.8 Å². The number of rotatable bonds is 8. The highest BCUT2D eigenvalue weighted by molar-refractivity contribution is 5.76. The predicted octanol–water partition coefficient (Wildman–Crippen LogP) is 3.86. The van der Waals surface area contributed by atoms with Gasteiger partial charge in [0.1, 0.15) is 5.75 Å². The molecule has 0 aliphatic rings. The summed E-state index contributed by atoms with van der Waals surface area (Å²) in [5.74, 6) is -0.595. The van der Waals surface area contributed by atoms with Crippen LogP contribution in [0, 0.1) is 0 Å². The molecule has 23 heavy (non-hydrogen) atoms. The van der Waals surface area contributed by atoms with Crippen LogP contribution < -0.4 is 10.5 Å². The lowest BCUT2D eigenvalue weighted by atomic mass is 9.92. The molecule has 4 heteroatoms. The van der Waals surface area contributed by atoms with Crippen LogP contribution >= 0.6 is 0 Å². The third-order valence-electron chi connectivity index (χ3n) is 3.77. The Bertz CT molecular complexity index is 620. The van der Waals surface area contributed by atoms with Crippen molar-refractivity contribution in [3.05, 3.63) is 59.7 Å². The number of carboxylic acids is 1. The van der Waals surface area contributed by atoms with E-state index in [0.29, 0.717) is 18.7 Å². The number of nitrogen functional groups attached to an aromatic ring is 1. The molecule has 3 N–H and O–H groups in total. The quantitative estimate of drug-likeness (QED) is 0.573. The molecule has 0 heterocycles. The molecule has 0 bridgehead atoms. The smallest absolute Gasteiger partial charge is 0.311 e. The van der Waals surface area contributed by atoms with Crippen molar-refractivity contribution in [1.29, 1.82) is 0 Å². The Morgan fingerprint density at radius 3 is 2.35 bits per heavy atom. The molecule has 0 aromatic heterocycles. The lowest BCUT2D eigenvalue weighted by Gasteiger charge is -2.14. The summed E-state index contributed by atoms with van der Waals surface area (Å²) in [5.41, 5.74) is 8.02. The van der Waals surface area contributed by atoms with Gasteiger partial charge >= 0.3 is 5.97 Å². The van der Waals surface area contributed by atoms with Crippen molar-refractivity contribution in [3.8, 4) is 5.75 Å². The summed E-state index contributed by atoms with van der Waals surface area (Å²) >= 11 is 0. The first kappa shape index (κ1) is 16.9. The van der Waals surface area contributed by atoms with E-state index in [0.717, 1.165) is 29.7 Å². The Morgan fingerprint density at radius 1 is 1.13 bits per heavy atom. The Kier molecular flexibility index (Phi) is 6.03. The molecular weight excluding hydrogens is 290 g/mol. The number of carbonyl (C=O) groups is 1. The van der Waals surface area contributed by atoms with Gasteiger partial charge in [-0.1, -0.05) is 37.6 Å². The third-order valence-corrected chi connectivity index (χ3v) is 3.77. The molecule has 1 atom stereocenters. The average molecular weight is 313 g/mol. The lowest BCUT2D eigenvalue weighted by Crippen LogP contribution is -2.14. The highest BCUT2D eigenvalue weighted by Gasteiger charge is 2.20. The minimum atomic E-state index is -0.835. The first-order chi connectivity index (χ1) is 11.1. The molecule has 0 fully saturated rings. The maximum absolute atomic E-state index is 11.6. The Labute approximate surface area is 136 Å². The minimum Gasteiger partial charge on any atom is -0.494 e. The van der Waals surface area contributed by atoms with Crippen molar-refractivity contribution in [2.24, 2.45) is 0 Å². The van der Waals surface area contributed by atoms with Crippen molar-refractivity contribution in [2.75, 3.05) is 12.3 Å². The topological polar surface area (TPSA) is 72.5 Å². The summed E-state index contributed by atoms with van der Waals surface area (Å²) in [4.78, 5) is 11.6. The number of unbranched alkanes of at least 4 members (excludes halogenated alkanes) is 1. The van der Waals surface area contributed by atoms with Crippen molar-refractivity contribution >= 4 is 11.7 Å². The lowest BCUT2D eigenvalue weighted by molar-refractivity contribution is -0.138. The van der Waals surface area contributed by atoms with Gasteiger partial charge in [-0.3, -0.25) is 4.79 Å². The number of anilines is 1. The molecule has 0 radical (unpaired) electrons. The normalized spacial score (nSPS) is 11.9. The first-order valence-electron chi connectivity index (χ1n) is 7.90. The van der Waals surface area contributed by atoms with E-state index in [4.69, 9.17) is 10.5 Å². The average Bonchev–Trinajstić information content (AvgIpc) is 2.55. The number of aliphatic carboxylic acids is 1. The van der Waals surface area contributed by atoms with Crippen LogP contribution in [0.15, 0.2) is 48.5 Å². The summed E-state index contributed by atoms with van der Waals surface area (Å²) in [6.45, 7) is 2.83. The molecule has 1 unspecified atom stereocenters. The number of hydrogen-bond donors (Lipinski definition) is 2. The maximum atomic E-state index is 11.6. The molecular formula is C19H23NO3. The summed E-state index contributed by atoms with van der Waals surface area (Å²) in [5, 5.41) is 9.50. The molecule has 2 aromatic carbocycles. The van der Waals surface area contributed by atoms with Crippen molar-refractivity contribution in [3.63, 3.8) is 0 Å². The van der Waals surface area contributed by atoms with Crippen LogP contribution in [-0.2, 0) is 11.2 Å². The van der Waals surface area contributed by atoms with Crippen molar-refractivity contribution in [2.45, 2.75) is 32.1 Å². The molecule has 2 rings (SSSR count). The van der Waals surface area contributed by atoms with E-state index in [1.807, 2.05) is 24.3 Å². The second-order valence-corrected chi connectivity index (χ2v) is 5.61. The molecule has 0 saturated carbocycles. The molecule has 0 amide bonds. The van der Waals surface area contributed by atoms with Gasteiger partial charge in [-0.25, -0.2) is 0 Å². The van der Waals surface area contributed by atoms with Gasteiger partial charge in [0.05, 0.1) is 12.5 Å². The zero-order chi connectivity index (χ0) is 16.7. The summed E-state index contributed by atoms with van der Waals surface area (Å²) in [7, 11) is 0. The highest BCUT2D eigenvalue weighted by atomic mass is 16.5. The molecule has 122 valence electrons. The summed E-state index contributed by atoms with van der Waals surface area (Å²) in [6, 6.07) is 14.7. The van der Waals surface area contributed by atoms with Gasteiger partial charge in [0.25, 0.3) is 0 Å². The first-order valence-corrected chi connectivity index (χ1v) is 7.90. The van der Waals surface area contributed by atoms with Gasteiger partial charge in [0.2, 0.25) is 0 Å². The Morgan fingerprint density at radius 2 is 1.78 bits per heavy atom. The largest absolute Gasteiger partial charge is 0.494 e. The zero-order valence-corrected chi connectivity index (χ0v) is 13.4. The van der Waals surface area contributed by atoms with E-state index in [2.05, 4.69) is 6.92 Å². The number of benzene rings is 2. The Balaban J connectivity index is 2.05. The zero-order valence-electron chi connectivity index (χ0n) is 13.4. The second kappa shape index (κ2) is 8.22. The fourth-order valence-corrected chi connectivity index (χ4v) is 2.37. The van der Waals surface area contributed by atoms with Crippen LogP contribution in [0.3, 0.4) is 0 Å². The van der Waals surface area contributed by atoms with Crippen LogP contribution in [0.2, 0.25) is 0 Å². The molecule has 0 spiro atoms. The van der Waals surface area contributed by atoms with E-state index in [1.54, 1.807) is 24.3 Å². The Hall–Kier alpha value is -2.49. The van der Waals surface area contributed by atoms with Gasteiger partial charge in [0, 0.05) is 5.69 Å². The van der Waals surface area contributed by atoms with Gasteiger partial charge in [-0.15, -0.1) is 0 Å². The van der Waals surface area contributed by atoms with Crippen LogP contribution in [0.5, 0.6) is 5.75 Å². The maximum Gasteiger partial charge on any atom is 0.311 e. The molecule has 0 aliphatic heterocycles. The van der Waals surface area contributed by atoms with Gasteiger partial charge in [-0.2, -0.15) is 0 Å². The number of ether oxygens (including phenoxy) is 1. The summed E-state index contributed by atoms with van der Waals surface area (Å²) in [6.07, 6.45) is 2.56. The molecule has 2 aromatic rings. The fraction of sp³-hybridized carbons (Fsp3) is 0.316. The van der Waals surface area contributed by atoms with Gasteiger partial charge in [-0.05, 0) is 48.2 Å². The van der Waals surface area contributed by atoms with E-state index < -0.39 is 11.9 Å². The van der Waals surface area contributed by atoms with E-state index in [-0.39, 0.29) is 0 Å². The minimum absolute atomic E-state index is 0.439. The molecule has 0 saturated heterocycles. The van der Waals surface area contributed by atoms with Crippen molar-refractivity contribution in [1.82, 2.24) is 0 Å². The van der Waals surface area contributed by atoms with E-state index in [9.17, 15) is 9.90 Å².